The Hall–Kier alpha value is -1.06. The van der Waals surface area contributed by atoms with E-state index in [1.54, 1.807) is 7.11 Å². The molecule has 0 radical (unpaired) electrons. The Kier molecular flexibility index (Phi) is 6.32. The van der Waals surface area contributed by atoms with Crippen molar-refractivity contribution in [1.29, 1.82) is 0 Å². The molecule has 0 aliphatic heterocycles. The minimum Gasteiger partial charge on any atom is -0.380 e. The van der Waals surface area contributed by atoms with Crippen LogP contribution in [0, 0.1) is 6.92 Å². The van der Waals surface area contributed by atoms with Gasteiger partial charge >= 0.3 is 0 Å². The number of halogens is 1. The summed E-state index contributed by atoms with van der Waals surface area (Å²) in [6.07, 6.45) is 0.845. The van der Waals surface area contributed by atoms with E-state index in [-0.39, 0.29) is 12.0 Å². The molecule has 4 heteroatoms. The Bertz CT molecular complexity index is 434. The quantitative estimate of drug-likeness (QED) is 0.815. The number of carbonyl (C=O) groups excluding carboxylic acids is 1. The van der Waals surface area contributed by atoms with Crippen LogP contribution in [0.3, 0.4) is 0 Å². The molecular formula is C15H22ClNO2. The van der Waals surface area contributed by atoms with Crippen LogP contribution in [-0.4, -0.2) is 25.7 Å². The van der Waals surface area contributed by atoms with E-state index < -0.39 is 5.38 Å². The fourth-order valence-corrected chi connectivity index (χ4v) is 2.35. The van der Waals surface area contributed by atoms with Gasteiger partial charge in [-0.1, -0.05) is 25.1 Å². The molecule has 0 spiro atoms. The molecule has 1 aromatic carbocycles. The van der Waals surface area contributed by atoms with E-state index in [0.717, 1.165) is 23.1 Å². The number of amides is 1. The van der Waals surface area contributed by atoms with E-state index in [2.05, 4.69) is 12.2 Å². The zero-order valence-electron chi connectivity index (χ0n) is 12.0. The summed E-state index contributed by atoms with van der Waals surface area (Å²) in [5.74, 6) is -0.172. The van der Waals surface area contributed by atoms with Crippen molar-refractivity contribution in [3.63, 3.8) is 0 Å². The molecule has 106 valence electrons. The molecule has 3 nitrogen and oxygen atoms in total. The van der Waals surface area contributed by atoms with E-state index in [0.29, 0.717) is 6.54 Å². The Labute approximate surface area is 120 Å². The van der Waals surface area contributed by atoms with Gasteiger partial charge in [-0.3, -0.25) is 4.79 Å². The predicted molar refractivity (Wildman–Crippen MR) is 78.6 cm³/mol. The molecule has 0 bridgehead atoms. The number of hydrogen-bond donors (Lipinski definition) is 1. The summed E-state index contributed by atoms with van der Waals surface area (Å²) >= 11 is 6.32. The van der Waals surface area contributed by atoms with E-state index in [1.165, 1.54) is 0 Å². The number of carbonyl (C=O) groups is 1. The van der Waals surface area contributed by atoms with Gasteiger partial charge < -0.3 is 10.1 Å². The third kappa shape index (κ3) is 4.22. The maximum absolute atomic E-state index is 12.1. The van der Waals surface area contributed by atoms with Crippen LogP contribution in [0.15, 0.2) is 18.2 Å². The number of hydrogen-bond acceptors (Lipinski definition) is 2. The second-order valence-corrected chi connectivity index (χ2v) is 5.09. The molecule has 1 N–H and O–H groups in total. The molecule has 0 aliphatic rings. The largest absolute Gasteiger partial charge is 0.380 e. The Morgan fingerprint density at radius 1 is 1.47 bits per heavy atom. The van der Waals surface area contributed by atoms with Crippen LogP contribution in [0.1, 0.15) is 35.9 Å². The van der Waals surface area contributed by atoms with Crippen molar-refractivity contribution in [2.75, 3.05) is 13.7 Å². The van der Waals surface area contributed by atoms with Crippen LogP contribution >= 0.6 is 11.6 Å². The number of benzene rings is 1. The van der Waals surface area contributed by atoms with Crippen molar-refractivity contribution in [1.82, 2.24) is 5.32 Å². The SMILES string of the molecule is CCc1cccc(C)c1C(Cl)C(=O)NCC(C)OC. The summed E-state index contributed by atoms with van der Waals surface area (Å²) in [5, 5.41) is 2.16. The molecule has 2 unspecified atom stereocenters. The van der Waals surface area contributed by atoms with Gasteiger partial charge in [-0.05, 0) is 37.0 Å². The average molecular weight is 284 g/mol. The summed E-state index contributed by atoms with van der Waals surface area (Å²) in [5.41, 5.74) is 3.10. The highest BCUT2D eigenvalue weighted by Gasteiger charge is 2.22. The lowest BCUT2D eigenvalue weighted by atomic mass is 9.97. The van der Waals surface area contributed by atoms with Crippen LogP contribution in [0.25, 0.3) is 0 Å². The molecule has 0 aliphatic carbocycles. The second-order valence-electron chi connectivity index (χ2n) is 4.66. The highest BCUT2D eigenvalue weighted by atomic mass is 35.5. The third-order valence-electron chi connectivity index (χ3n) is 3.25. The van der Waals surface area contributed by atoms with Gasteiger partial charge in [0.1, 0.15) is 5.38 Å². The lowest BCUT2D eigenvalue weighted by Crippen LogP contribution is -2.34. The maximum Gasteiger partial charge on any atom is 0.242 e. The molecule has 0 aromatic heterocycles. The first-order chi connectivity index (χ1) is 9.01. The molecule has 0 fully saturated rings. The maximum atomic E-state index is 12.1. The van der Waals surface area contributed by atoms with Crippen molar-refractivity contribution < 1.29 is 9.53 Å². The Balaban J connectivity index is 2.82. The summed E-state index contributed by atoms with van der Waals surface area (Å²) in [7, 11) is 1.62. The number of aryl methyl sites for hydroxylation is 2. The smallest absolute Gasteiger partial charge is 0.242 e. The van der Waals surface area contributed by atoms with Crippen molar-refractivity contribution in [3.8, 4) is 0 Å². The van der Waals surface area contributed by atoms with Crippen molar-refractivity contribution in [2.24, 2.45) is 0 Å². The van der Waals surface area contributed by atoms with E-state index in [9.17, 15) is 4.79 Å². The van der Waals surface area contributed by atoms with Gasteiger partial charge in [0.25, 0.3) is 0 Å². The van der Waals surface area contributed by atoms with Gasteiger partial charge in [0.15, 0.2) is 0 Å². The summed E-state index contributed by atoms with van der Waals surface area (Å²) in [6, 6.07) is 5.99. The summed E-state index contributed by atoms with van der Waals surface area (Å²) < 4.78 is 5.10. The molecule has 1 amide bonds. The summed E-state index contributed by atoms with van der Waals surface area (Å²) in [4.78, 5) is 12.1. The number of alkyl halides is 1. The molecule has 1 rings (SSSR count). The minimum atomic E-state index is -0.653. The van der Waals surface area contributed by atoms with E-state index >= 15 is 0 Å². The second kappa shape index (κ2) is 7.51. The van der Waals surface area contributed by atoms with Gasteiger partial charge in [-0.25, -0.2) is 0 Å². The molecule has 1 aromatic rings. The number of ether oxygens (including phenoxy) is 1. The fourth-order valence-electron chi connectivity index (χ4n) is 1.96. The first-order valence-corrected chi connectivity index (χ1v) is 6.97. The normalized spacial score (nSPS) is 13.9. The molecule has 19 heavy (non-hydrogen) atoms. The predicted octanol–water partition coefficient (Wildman–Crippen LogP) is 2.99. The first-order valence-electron chi connectivity index (χ1n) is 6.54. The molecular weight excluding hydrogens is 262 g/mol. The zero-order valence-corrected chi connectivity index (χ0v) is 12.8. The number of nitrogens with one attached hydrogen (secondary N) is 1. The molecule has 2 atom stereocenters. The van der Waals surface area contributed by atoms with E-state index in [1.807, 2.05) is 32.0 Å². The van der Waals surface area contributed by atoms with Gasteiger partial charge in [0.2, 0.25) is 5.91 Å². The Morgan fingerprint density at radius 2 is 2.16 bits per heavy atom. The third-order valence-corrected chi connectivity index (χ3v) is 3.66. The van der Waals surface area contributed by atoms with Crippen LogP contribution in [0.5, 0.6) is 0 Å². The average Bonchev–Trinajstić information content (AvgIpc) is 2.43. The van der Waals surface area contributed by atoms with Gasteiger partial charge in [-0.15, -0.1) is 11.6 Å². The Morgan fingerprint density at radius 3 is 2.74 bits per heavy atom. The molecule has 0 saturated carbocycles. The van der Waals surface area contributed by atoms with Crippen LogP contribution in [-0.2, 0) is 16.0 Å². The van der Waals surface area contributed by atoms with Crippen molar-refractivity contribution >= 4 is 17.5 Å². The highest BCUT2D eigenvalue weighted by molar-refractivity contribution is 6.31. The summed E-state index contributed by atoms with van der Waals surface area (Å²) in [6.45, 7) is 6.41. The number of methoxy groups -OCH3 is 1. The number of rotatable bonds is 6. The first kappa shape index (κ1) is 16.0. The minimum absolute atomic E-state index is 0.0182. The molecule has 0 heterocycles. The molecule has 0 saturated heterocycles. The van der Waals surface area contributed by atoms with Gasteiger partial charge in [0.05, 0.1) is 6.10 Å². The standard InChI is InChI=1S/C15H22ClNO2/c1-5-12-8-6-7-10(2)13(12)14(16)15(18)17-9-11(3)19-4/h6-8,11,14H,5,9H2,1-4H3,(H,17,18). The van der Waals surface area contributed by atoms with Crippen molar-refractivity contribution in [3.05, 3.63) is 34.9 Å². The lowest BCUT2D eigenvalue weighted by molar-refractivity contribution is -0.121. The fraction of sp³-hybridized carbons (Fsp3) is 0.533. The van der Waals surface area contributed by atoms with Gasteiger partial charge in [0, 0.05) is 13.7 Å². The van der Waals surface area contributed by atoms with Crippen LogP contribution in [0.2, 0.25) is 0 Å². The van der Waals surface area contributed by atoms with Crippen LogP contribution in [0.4, 0.5) is 0 Å². The van der Waals surface area contributed by atoms with Crippen LogP contribution < -0.4 is 5.32 Å². The zero-order chi connectivity index (χ0) is 14.4. The van der Waals surface area contributed by atoms with Crippen molar-refractivity contribution in [2.45, 2.75) is 38.7 Å². The highest BCUT2D eigenvalue weighted by Crippen LogP contribution is 2.28. The monoisotopic (exact) mass is 283 g/mol. The lowest BCUT2D eigenvalue weighted by Gasteiger charge is -2.18. The topological polar surface area (TPSA) is 38.3 Å². The van der Waals surface area contributed by atoms with E-state index in [4.69, 9.17) is 16.3 Å². The van der Waals surface area contributed by atoms with Gasteiger partial charge in [-0.2, -0.15) is 0 Å².